The summed E-state index contributed by atoms with van der Waals surface area (Å²) in [6, 6.07) is 12.1. The zero-order chi connectivity index (χ0) is 15.2. The summed E-state index contributed by atoms with van der Waals surface area (Å²) >= 11 is 0. The standard InChI is InChI=1S/C15H11F3N2O/c16-12-6-5-10(7-11(12)8-19)9-20-13-3-1-2-4-14(13)21-15(17)18/h1-7,15,20H,9H2. The van der Waals surface area contributed by atoms with Crippen LogP contribution < -0.4 is 10.1 Å². The third-order valence-electron chi connectivity index (χ3n) is 2.74. The van der Waals surface area contributed by atoms with Crippen LogP contribution in [0.25, 0.3) is 0 Å². The van der Waals surface area contributed by atoms with Crippen LogP contribution in [0.3, 0.4) is 0 Å². The number of nitrogens with zero attached hydrogens (tertiary/aromatic N) is 1. The molecule has 0 radical (unpaired) electrons. The fraction of sp³-hybridized carbons (Fsp3) is 0.133. The molecule has 3 nitrogen and oxygen atoms in total. The highest BCUT2D eigenvalue weighted by Gasteiger charge is 2.09. The van der Waals surface area contributed by atoms with Crippen LogP contribution in [-0.2, 0) is 6.54 Å². The molecule has 2 aromatic rings. The molecule has 0 unspecified atom stereocenters. The third-order valence-corrected chi connectivity index (χ3v) is 2.74. The number of hydrogen-bond donors (Lipinski definition) is 1. The highest BCUT2D eigenvalue weighted by atomic mass is 19.3. The lowest BCUT2D eigenvalue weighted by Crippen LogP contribution is -2.06. The van der Waals surface area contributed by atoms with Crippen molar-refractivity contribution in [3.05, 3.63) is 59.4 Å². The molecule has 0 heterocycles. The third kappa shape index (κ3) is 3.89. The molecule has 6 heteroatoms. The SMILES string of the molecule is N#Cc1cc(CNc2ccccc2OC(F)F)ccc1F. The van der Waals surface area contributed by atoms with Crippen molar-refractivity contribution in [2.45, 2.75) is 13.2 Å². The van der Waals surface area contributed by atoms with E-state index in [-0.39, 0.29) is 17.9 Å². The zero-order valence-electron chi connectivity index (χ0n) is 10.8. The van der Waals surface area contributed by atoms with Gasteiger partial charge in [-0.25, -0.2) is 4.39 Å². The average Bonchev–Trinajstić information content (AvgIpc) is 2.47. The van der Waals surface area contributed by atoms with E-state index in [9.17, 15) is 13.2 Å². The van der Waals surface area contributed by atoms with Gasteiger partial charge in [0.15, 0.2) is 0 Å². The second-order valence-electron chi connectivity index (χ2n) is 4.15. The largest absolute Gasteiger partial charge is 0.433 e. The lowest BCUT2D eigenvalue weighted by molar-refractivity contribution is -0.0493. The molecule has 2 aromatic carbocycles. The molecule has 0 aliphatic carbocycles. The first kappa shape index (κ1) is 14.7. The number of hydrogen-bond acceptors (Lipinski definition) is 3. The molecule has 0 aliphatic heterocycles. The smallest absolute Gasteiger partial charge is 0.387 e. The van der Waals surface area contributed by atoms with Crippen LogP contribution in [0.5, 0.6) is 5.75 Å². The Morgan fingerprint density at radius 3 is 2.67 bits per heavy atom. The van der Waals surface area contributed by atoms with Crippen LogP contribution in [0, 0.1) is 17.1 Å². The summed E-state index contributed by atoms with van der Waals surface area (Å²) in [5.41, 5.74) is 0.979. The monoisotopic (exact) mass is 292 g/mol. The van der Waals surface area contributed by atoms with E-state index in [4.69, 9.17) is 5.26 Å². The van der Waals surface area contributed by atoms with Crippen molar-refractivity contribution in [3.8, 4) is 11.8 Å². The summed E-state index contributed by atoms with van der Waals surface area (Å²) in [5.74, 6) is -0.571. The molecular weight excluding hydrogens is 281 g/mol. The van der Waals surface area contributed by atoms with Crippen molar-refractivity contribution in [2.24, 2.45) is 0 Å². The highest BCUT2D eigenvalue weighted by molar-refractivity contribution is 5.56. The topological polar surface area (TPSA) is 45.0 Å². The van der Waals surface area contributed by atoms with Crippen LogP contribution in [0.15, 0.2) is 42.5 Å². The number of nitriles is 1. The quantitative estimate of drug-likeness (QED) is 0.908. The van der Waals surface area contributed by atoms with Crippen LogP contribution in [0.4, 0.5) is 18.9 Å². The number of ether oxygens (including phenoxy) is 1. The fourth-order valence-electron chi connectivity index (χ4n) is 1.78. The lowest BCUT2D eigenvalue weighted by Gasteiger charge is -2.12. The summed E-state index contributed by atoms with van der Waals surface area (Å²) in [4.78, 5) is 0. The molecule has 0 spiro atoms. The summed E-state index contributed by atoms with van der Waals surface area (Å²) in [5, 5.41) is 11.7. The summed E-state index contributed by atoms with van der Waals surface area (Å²) in [6.07, 6.45) is 0. The van der Waals surface area contributed by atoms with E-state index < -0.39 is 12.4 Å². The second kappa shape index (κ2) is 6.66. The predicted octanol–water partition coefficient (Wildman–Crippen LogP) is 3.91. The van der Waals surface area contributed by atoms with Gasteiger partial charge in [0, 0.05) is 6.54 Å². The minimum absolute atomic E-state index is 0.0233. The second-order valence-corrected chi connectivity index (χ2v) is 4.15. The first-order chi connectivity index (χ1) is 10.1. The normalized spacial score (nSPS) is 10.2. The van der Waals surface area contributed by atoms with Crippen LogP contribution in [0.1, 0.15) is 11.1 Å². The molecule has 0 fully saturated rings. The Labute approximate surface area is 119 Å². The molecule has 0 saturated carbocycles. The molecule has 2 rings (SSSR count). The minimum atomic E-state index is -2.91. The van der Waals surface area contributed by atoms with E-state index in [2.05, 4.69) is 10.1 Å². The Kier molecular flexibility index (Phi) is 4.67. The van der Waals surface area contributed by atoms with Crippen molar-refractivity contribution >= 4 is 5.69 Å². The van der Waals surface area contributed by atoms with Crippen LogP contribution >= 0.6 is 0 Å². The predicted molar refractivity (Wildman–Crippen MR) is 71.5 cm³/mol. The Morgan fingerprint density at radius 2 is 1.95 bits per heavy atom. The number of benzene rings is 2. The van der Waals surface area contributed by atoms with Crippen molar-refractivity contribution in [1.82, 2.24) is 0 Å². The number of halogens is 3. The molecule has 0 aliphatic rings. The van der Waals surface area contributed by atoms with E-state index in [1.54, 1.807) is 24.3 Å². The summed E-state index contributed by atoms with van der Waals surface area (Å²) in [7, 11) is 0. The molecule has 0 atom stereocenters. The van der Waals surface area contributed by atoms with Gasteiger partial charge in [-0.15, -0.1) is 0 Å². The average molecular weight is 292 g/mol. The van der Waals surface area contributed by atoms with Gasteiger partial charge >= 0.3 is 6.61 Å². The molecule has 0 bridgehead atoms. The zero-order valence-corrected chi connectivity index (χ0v) is 10.8. The molecule has 108 valence electrons. The molecular formula is C15H11F3N2O. The van der Waals surface area contributed by atoms with Crippen LogP contribution in [0.2, 0.25) is 0 Å². The fourth-order valence-corrected chi connectivity index (χ4v) is 1.78. The Bertz CT molecular complexity index is 668. The van der Waals surface area contributed by atoms with E-state index in [0.717, 1.165) is 0 Å². The van der Waals surface area contributed by atoms with Crippen LogP contribution in [-0.4, -0.2) is 6.61 Å². The van der Waals surface area contributed by atoms with Gasteiger partial charge in [-0.1, -0.05) is 18.2 Å². The minimum Gasteiger partial charge on any atom is -0.433 e. The lowest BCUT2D eigenvalue weighted by atomic mass is 10.1. The number of rotatable bonds is 5. The van der Waals surface area contributed by atoms with Gasteiger partial charge in [0.25, 0.3) is 0 Å². The Morgan fingerprint density at radius 1 is 1.19 bits per heavy atom. The summed E-state index contributed by atoms with van der Waals surface area (Å²) in [6.45, 7) is -2.66. The van der Waals surface area contributed by atoms with Gasteiger partial charge in [-0.05, 0) is 29.8 Å². The van der Waals surface area contributed by atoms with E-state index in [1.807, 2.05) is 0 Å². The van der Waals surface area contributed by atoms with Crippen molar-refractivity contribution < 1.29 is 17.9 Å². The maximum atomic E-state index is 13.2. The van der Waals surface area contributed by atoms with Crippen molar-refractivity contribution in [1.29, 1.82) is 5.26 Å². The number of para-hydroxylation sites is 2. The van der Waals surface area contributed by atoms with Gasteiger partial charge in [0.1, 0.15) is 17.6 Å². The van der Waals surface area contributed by atoms with E-state index in [0.29, 0.717) is 11.3 Å². The van der Waals surface area contributed by atoms with Gasteiger partial charge in [0.2, 0.25) is 0 Å². The highest BCUT2D eigenvalue weighted by Crippen LogP contribution is 2.26. The van der Waals surface area contributed by atoms with Gasteiger partial charge in [-0.3, -0.25) is 0 Å². The molecule has 0 amide bonds. The van der Waals surface area contributed by atoms with E-state index in [1.165, 1.54) is 24.3 Å². The maximum Gasteiger partial charge on any atom is 0.387 e. The Hall–Kier alpha value is -2.68. The molecule has 0 aromatic heterocycles. The first-order valence-corrected chi connectivity index (χ1v) is 6.06. The first-order valence-electron chi connectivity index (χ1n) is 6.06. The summed E-state index contributed by atoms with van der Waals surface area (Å²) < 4.78 is 42.1. The number of alkyl halides is 2. The molecule has 21 heavy (non-hydrogen) atoms. The Balaban J connectivity index is 2.12. The molecule has 0 saturated heterocycles. The van der Waals surface area contributed by atoms with Gasteiger partial charge in [0.05, 0.1) is 11.3 Å². The van der Waals surface area contributed by atoms with Crippen molar-refractivity contribution in [2.75, 3.05) is 5.32 Å². The van der Waals surface area contributed by atoms with E-state index >= 15 is 0 Å². The van der Waals surface area contributed by atoms with Gasteiger partial charge < -0.3 is 10.1 Å². The number of nitrogens with one attached hydrogen (secondary N) is 1. The van der Waals surface area contributed by atoms with Crippen molar-refractivity contribution in [3.63, 3.8) is 0 Å². The van der Waals surface area contributed by atoms with Gasteiger partial charge in [-0.2, -0.15) is 14.0 Å². The number of anilines is 1. The maximum absolute atomic E-state index is 13.2. The molecule has 1 N–H and O–H groups in total.